The van der Waals surface area contributed by atoms with Gasteiger partial charge in [0.15, 0.2) is 0 Å². The van der Waals surface area contributed by atoms with E-state index in [1.165, 1.54) is 17.7 Å². The van der Waals surface area contributed by atoms with Crippen LogP contribution in [0.25, 0.3) is 0 Å². The first kappa shape index (κ1) is 20.0. The number of carbonyl (C=O) groups is 2. The molecule has 0 bridgehead atoms. The number of carboxylic acid groups (broad SMARTS) is 1. The summed E-state index contributed by atoms with van der Waals surface area (Å²) in [5, 5.41) is 11.6. The predicted molar refractivity (Wildman–Crippen MR) is 105 cm³/mol. The Morgan fingerprint density at radius 2 is 1.85 bits per heavy atom. The zero-order chi connectivity index (χ0) is 19.1. The molecule has 2 aromatic rings. The molecule has 1 amide bonds. The van der Waals surface area contributed by atoms with Crippen LogP contribution in [0.5, 0.6) is 5.75 Å². The molecule has 0 aliphatic heterocycles. The number of hydrogen-bond donors (Lipinski definition) is 2. The van der Waals surface area contributed by atoms with E-state index in [0.29, 0.717) is 31.1 Å². The molecule has 6 heteroatoms. The molecule has 2 aromatic carbocycles. The molecule has 0 spiro atoms. The van der Waals surface area contributed by atoms with E-state index in [2.05, 4.69) is 35.1 Å². The molecule has 0 aliphatic rings. The van der Waals surface area contributed by atoms with E-state index in [0.717, 1.165) is 10.2 Å². The van der Waals surface area contributed by atoms with Gasteiger partial charge in [-0.2, -0.15) is 0 Å². The van der Waals surface area contributed by atoms with Crippen molar-refractivity contribution in [3.8, 4) is 5.75 Å². The first-order valence-corrected chi connectivity index (χ1v) is 9.21. The van der Waals surface area contributed by atoms with Gasteiger partial charge in [0.05, 0.1) is 16.6 Å². The summed E-state index contributed by atoms with van der Waals surface area (Å²) in [5.74, 6) is 0.0891. The lowest BCUT2D eigenvalue weighted by Crippen LogP contribution is -2.13. The molecule has 0 aliphatic carbocycles. The normalized spacial score (nSPS) is 10.6. The second kappa shape index (κ2) is 9.38. The van der Waals surface area contributed by atoms with Crippen LogP contribution in [0.15, 0.2) is 46.9 Å². The minimum atomic E-state index is -0.993. The molecule has 138 valence electrons. The monoisotopic (exact) mass is 419 g/mol. The number of carboxylic acids is 1. The lowest BCUT2D eigenvalue weighted by atomic mass is 10.0. The molecule has 0 radical (unpaired) electrons. The van der Waals surface area contributed by atoms with Gasteiger partial charge in [-0.05, 0) is 70.2 Å². The van der Waals surface area contributed by atoms with E-state index < -0.39 is 5.97 Å². The minimum absolute atomic E-state index is 0.133. The lowest BCUT2D eigenvalue weighted by Gasteiger charge is -2.11. The number of nitrogens with one attached hydrogen (secondary N) is 1. The van der Waals surface area contributed by atoms with E-state index in [-0.39, 0.29) is 11.5 Å². The molecule has 0 fully saturated rings. The van der Waals surface area contributed by atoms with Crippen molar-refractivity contribution in [2.24, 2.45) is 0 Å². The fraction of sp³-hybridized carbons (Fsp3) is 0.300. The number of rotatable bonds is 8. The summed E-state index contributed by atoms with van der Waals surface area (Å²) in [6.07, 6.45) is 0.903. The van der Waals surface area contributed by atoms with Gasteiger partial charge in [0.2, 0.25) is 5.91 Å². The Hall–Kier alpha value is -2.34. The molecule has 0 saturated heterocycles. The van der Waals surface area contributed by atoms with Gasteiger partial charge in [-0.25, -0.2) is 4.79 Å². The minimum Gasteiger partial charge on any atom is -0.492 e. The molecule has 2 rings (SSSR count). The maximum atomic E-state index is 11.9. The highest BCUT2D eigenvalue weighted by Crippen LogP contribution is 2.29. The van der Waals surface area contributed by atoms with Gasteiger partial charge in [-0.1, -0.05) is 19.9 Å². The summed E-state index contributed by atoms with van der Waals surface area (Å²) < 4.78 is 6.63. The summed E-state index contributed by atoms with van der Waals surface area (Å²) in [4.78, 5) is 22.7. The van der Waals surface area contributed by atoms with Gasteiger partial charge in [-0.15, -0.1) is 0 Å². The first-order chi connectivity index (χ1) is 12.4. The van der Waals surface area contributed by atoms with Crippen LogP contribution >= 0.6 is 15.9 Å². The van der Waals surface area contributed by atoms with Crippen molar-refractivity contribution < 1.29 is 19.4 Å². The van der Waals surface area contributed by atoms with Crippen molar-refractivity contribution in [3.05, 3.63) is 58.1 Å². The molecule has 5 nitrogen and oxygen atoms in total. The SMILES string of the molecule is CC(C)c1ccc(OCCCC(=O)Nc2ccc(C(=O)O)cc2)c(Br)c1. The Kier molecular flexibility index (Phi) is 7.21. The summed E-state index contributed by atoms with van der Waals surface area (Å²) in [5.41, 5.74) is 2.00. The number of carbonyl (C=O) groups excluding carboxylic acids is 1. The molecule has 0 atom stereocenters. The van der Waals surface area contributed by atoms with Crippen LogP contribution < -0.4 is 10.1 Å². The largest absolute Gasteiger partial charge is 0.492 e. The Bertz CT molecular complexity index is 772. The van der Waals surface area contributed by atoms with Crippen molar-refractivity contribution in [2.45, 2.75) is 32.6 Å². The lowest BCUT2D eigenvalue weighted by molar-refractivity contribution is -0.116. The molecule has 0 saturated carbocycles. The Balaban J connectivity index is 1.75. The topological polar surface area (TPSA) is 75.6 Å². The van der Waals surface area contributed by atoms with Crippen molar-refractivity contribution in [1.29, 1.82) is 0 Å². The molecule has 0 heterocycles. The first-order valence-electron chi connectivity index (χ1n) is 8.42. The zero-order valence-electron chi connectivity index (χ0n) is 14.8. The third kappa shape index (κ3) is 5.88. The van der Waals surface area contributed by atoms with Crippen LogP contribution in [0.1, 0.15) is 48.5 Å². The van der Waals surface area contributed by atoms with Crippen LogP contribution in [0.2, 0.25) is 0 Å². The number of anilines is 1. The maximum absolute atomic E-state index is 11.9. The number of hydrogen-bond acceptors (Lipinski definition) is 3. The number of benzene rings is 2. The van der Waals surface area contributed by atoms with Crippen molar-refractivity contribution >= 4 is 33.5 Å². The van der Waals surface area contributed by atoms with Crippen molar-refractivity contribution in [2.75, 3.05) is 11.9 Å². The average Bonchev–Trinajstić information content (AvgIpc) is 2.60. The zero-order valence-corrected chi connectivity index (χ0v) is 16.4. The van der Waals surface area contributed by atoms with Gasteiger partial charge in [0, 0.05) is 12.1 Å². The maximum Gasteiger partial charge on any atom is 0.335 e. The number of amides is 1. The fourth-order valence-corrected chi connectivity index (χ4v) is 2.84. The van der Waals surface area contributed by atoms with Crippen LogP contribution in [0.3, 0.4) is 0 Å². The standard InChI is InChI=1S/C20H22BrNO4/c1-13(2)15-7-10-18(17(21)12-15)26-11-3-4-19(23)22-16-8-5-14(6-9-16)20(24)25/h5-10,12-13H,3-4,11H2,1-2H3,(H,22,23)(H,24,25). The van der Waals surface area contributed by atoms with E-state index in [9.17, 15) is 9.59 Å². The Morgan fingerprint density at radius 3 is 2.42 bits per heavy atom. The highest BCUT2D eigenvalue weighted by Gasteiger charge is 2.07. The smallest absolute Gasteiger partial charge is 0.335 e. The second-order valence-electron chi connectivity index (χ2n) is 6.23. The van der Waals surface area contributed by atoms with Gasteiger partial charge in [-0.3, -0.25) is 4.79 Å². The second-order valence-corrected chi connectivity index (χ2v) is 7.08. The molecule has 0 aromatic heterocycles. The van der Waals surface area contributed by atoms with Crippen LogP contribution in [0.4, 0.5) is 5.69 Å². The summed E-state index contributed by atoms with van der Waals surface area (Å²) in [6, 6.07) is 12.1. The van der Waals surface area contributed by atoms with Gasteiger partial charge >= 0.3 is 5.97 Å². The van der Waals surface area contributed by atoms with Crippen LogP contribution in [-0.4, -0.2) is 23.6 Å². The summed E-state index contributed by atoms with van der Waals surface area (Å²) >= 11 is 3.51. The highest BCUT2D eigenvalue weighted by molar-refractivity contribution is 9.10. The van der Waals surface area contributed by atoms with E-state index in [1.54, 1.807) is 12.1 Å². The molecular weight excluding hydrogens is 398 g/mol. The predicted octanol–water partition coefficient (Wildman–Crippen LogP) is 5.07. The summed E-state index contributed by atoms with van der Waals surface area (Å²) in [6.45, 7) is 4.71. The molecule has 2 N–H and O–H groups in total. The average molecular weight is 420 g/mol. The number of aromatic carboxylic acids is 1. The summed E-state index contributed by atoms with van der Waals surface area (Å²) in [7, 11) is 0. The highest BCUT2D eigenvalue weighted by atomic mass is 79.9. The third-order valence-corrected chi connectivity index (χ3v) is 4.46. The van der Waals surface area contributed by atoms with Crippen molar-refractivity contribution in [3.63, 3.8) is 0 Å². The van der Waals surface area contributed by atoms with Gasteiger partial charge < -0.3 is 15.2 Å². The number of ether oxygens (including phenoxy) is 1. The molecule has 0 unspecified atom stereocenters. The van der Waals surface area contributed by atoms with Crippen molar-refractivity contribution in [1.82, 2.24) is 0 Å². The fourth-order valence-electron chi connectivity index (χ4n) is 2.33. The Morgan fingerprint density at radius 1 is 1.15 bits per heavy atom. The van der Waals surface area contributed by atoms with E-state index >= 15 is 0 Å². The van der Waals surface area contributed by atoms with Gasteiger partial charge in [0.1, 0.15) is 5.75 Å². The Labute approximate surface area is 161 Å². The van der Waals surface area contributed by atoms with E-state index in [1.807, 2.05) is 18.2 Å². The number of halogens is 1. The third-order valence-electron chi connectivity index (χ3n) is 3.84. The van der Waals surface area contributed by atoms with E-state index in [4.69, 9.17) is 9.84 Å². The molecular formula is C20H22BrNO4. The quantitative estimate of drug-likeness (QED) is 0.585. The van der Waals surface area contributed by atoms with Crippen LogP contribution in [0, 0.1) is 0 Å². The molecule has 26 heavy (non-hydrogen) atoms. The van der Waals surface area contributed by atoms with Gasteiger partial charge in [0.25, 0.3) is 0 Å². The van der Waals surface area contributed by atoms with Crippen LogP contribution in [-0.2, 0) is 4.79 Å².